The molecule has 4 N–H and O–H groups in total. The highest BCUT2D eigenvalue weighted by molar-refractivity contribution is 5.97. The Labute approximate surface area is 227 Å². The number of amidine groups is 1. The Kier molecular flexibility index (Phi) is 8.29. The molecule has 0 bridgehead atoms. The second kappa shape index (κ2) is 11.7. The minimum Gasteiger partial charge on any atom is -0.409 e. The lowest BCUT2D eigenvalue weighted by Crippen LogP contribution is -2.42. The molecule has 3 heterocycles. The first-order chi connectivity index (χ1) is 18.3. The van der Waals surface area contributed by atoms with Gasteiger partial charge in [0.2, 0.25) is 17.6 Å². The topological polar surface area (TPSA) is 117 Å². The summed E-state index contributed by atoms with van der Waals surface area (Å²) in [5.41, 5.74) is 7.61. The van der Waals surface area contributed by atoms with Crippen LogP contribution in [-0.4, -0.2) is 49.2 Å². The van der Waals surface area contributed by atoms with E-state index in [1.807, 2.05) is 0 Å². The van der Waals surface area contributed by atoms with E-state index in [9.17, 15) is 5.21 Å². The molecule has 0 spiro atoms. The summed E-state index contributed by atoms with van der Waals surface area (Å²) in [6, 6.07) is 0.764. The Morgan fingerprint density at radius 2 is 1.79 bits per heavy atom. The summed E-state index contributed by atoms with van der Waals surface area (Å²) in [7, 11) is 0. The van der Waals surface area contributed by atoms with Gasteiger partial charge in [-0.1, -0.05) is 45.2 Å². The number of hydrogen-bond acceptors (Lipinski definition) is 7. The van der Waals surface area contributed by atoms with E-state index >= 15 is 0 Å². The molecule has 0 amide bonds. The van der Waals surface area contributed by atoms with Gasteiger partial charge < -0.3 is 25.7 Å². The van der Waals surface area contributed by atoms with E-state index in [4.69, 9.17) is 20.7 Å². The van der Waals surface area contributed by atoms with Gasteiger partial charge in [0, 0.05) is 25.2 Å². The average Bonchev–Trinajstić information content (AvgIpc) is 3.22. The fourth-order valence-electron chi connectivity index (χ4n) is 6.77. The van der Waals surface area contributed by atoms with Gasteiger partial charge >= 0.3 is 0 Å². The highest BCUT2D eigenvalue weighted by Gasteiger charge is 2.32. The summed E-state index contributed by atoms with van der Waals surface area (Å²) in [5, 5.41) is 16.4. The van der Waals surface area contributed by atoms with Gasteiger partial charge in [-0.2, -0.15) is 4.98 Å². The standard InChI is InChI=1S/C29H48N8O/c1-18(2)16-23-10-5-6-15-36(23)29-34-27-24(37(29)17-21-13-11-19(3)12-14-21)26(31-20(4)22-8-7-9-22)32-28(33-27)25(30)35-38/h18-23,38H,5-17H2,1-4H3,(H2,30,35)(H,31,32,33)/t19?,20-,21?,23?/m1/s1. The molecule has 1 saturated heterocycles. The van der Waals surface area contributed by atoms with Crippen LogP contribution < -0.4 is 16.0 Å². The van der Waals surface area contributed by atoms with E-state index in [0.29, 0.717) is 29.4 Å². The van der Waals surface area contributed by atoms with Crippen molar-refractivity contribution < 1.29 is 5.21 Å². The van der Waals surface area contributed by atoms with E-state index in [0.717, 1.165) is 42.7 Å². The van der Waals surface area contributed by atoms with Gasteiger partial charge in [-0.25, -0.2) is 9.97 Å². The van der Waals surface area contributed by atoms with E-state index < -0.39 is 0 Å². The number of oxime groups is 1. The predicted molar refractivity (Wildman–Crippen MR) is 154 cm³/mol. The fraction of sp³-hybridized carbons (Fsp3) is 0.793. The van der Waals surface area contributed by atoms with Gasteiger partial charge in [0.1, 0.15) is 5.52 Å². The van der Waals surface area contributed by atoms with Crippen LogP contribution in [0, 0.1) is 23.7 Å². The second-order valence-electron chi connectivity index (χ2n) is 12.8. The van der Waals surface area contributed by atoms with Crippen LogP contribution in [0.2, 0.25) is 0 Å². The molecule has 0 radical (unpaired) electrons. The third-order valence-corrected chi connectivity index (χ3v) is 9.34. The van der Waals surface area contributed by atoms with Crippen LogP contribution >= 0.6 is 0 Å². The van der Waals surface area contributed by atoms with E-state index in [-0.39, 0.29) is 17.7 Å². The zero-order chi connectivity index (χ0) is 26.8. The van der Waals surface area contributed by atoms with Crippen LogP contribution in [-0.2, 0) is 6.54 Å². The maximum atomic E-state index is 9.42. The number of nitrogens with zero attached hydrogens (tertiary/aromatic N) is 6. The van der Waals surface area contributed by atoms with E-state index in [1.165, 1.54) is 64.2 Å². The normalized spacial score (nSPS) is 26.1. The predicted octanol–water partition coefficient (Wildman–Crippen LogP) is 5.75. The molecule has 9 nitrogen and oxygen atoms in total. The number of rotatable bonds is 9. The first-order valence-corrected chi connectivity index (χ1v) is 15.1. The molecule has 3 aliphatic rings. The zero-order valence-electron chi connectivity index (χ0n) is 23.9. The summed E-state index contributed by atoms with van der Waals surface area (Å²) < 4.78 is 2.43. The van der Waals surface area contributed by atoms with Crippen LogP contribution in [0.3, 0.4) is 0 Å². The molecule has 38 heavy (non-hydrogen) atoms. The highest BCUT2D eigenvalue weighted by atomic mass is 16.4. The molecule has 2 atom stereocenters. The lowest BCUT2D eigenvalue weighted by atomic mass is 9.80. The largest absolute Gasteiger partial charge is 0.409 e. The van der Waals surface area contributed by atoms with Crippen molar-refractivity contribution in [2.75, 3.05) is 16.8 Å². The molecule has 9 heteroatoms. The number of imidazole rings is 1. The smallest absolute Gasteiger partial charge is 0.208 e. The Bertz CT molecular complexity index is 1120. The van der Waals surface area contributed by atoms with Crippen LogP contribution in [0.1, 0.15) is 104 Å². The first kappa shape index (κ1) is 27.0. The molecule has 1 unspecified atom stereocenters. The number of nitrogens with one attached hydrogen (secondary N) is 1. The summed E-state index contributed by atoms with van der Waals surface area (Å²) in [4.78, 5) is 17.3. The van der Waals surface area contributed by atoms with Crippen LogP contribution in [0.4, 0.5) is 11.8 Å². The van der Waals surface area contributed by atoms with Crippen molar-refractivity contribution in [2.24, 2.45) is 34.6 Å². The summed E-state index contributed by atoms with van der Waals surface area (Å²) in [5.74, 6) is 4.63. The monoisotopic (exact) mass is 524 g/mol. The van der Waals surface area contributed by atoms with Gasteiger partial charge in [0.25, 0.3) is 0 Å². The Morgan fingerprint density at radius 1 is 1.03 bits per heavy atom. The minimum absolute atomic E-state index is 0.0840. The van der Waals surface area contributed by atoms with E-state index in [2.05, 4.69) is 47.6 Å². The van der Waals surface area contributed by atoms with Crippen molar-refractivity contribution in [3.05, 3.63) is 5.82 Å². The number of aromatic nitrogens is 4. The molecule has 210 valence electrons. The maximum Gasteiger partial charge on any atom is 0.208 e. The lowest BCUT2D eigenvalue weighted by molar-refractivity contribution is 0.265. The SMILES string of the molecule is CC(C)CC1CCCCN1c1nc2nc(/C(N)=N/O)nc(N[C@H](C)C3CCC3)c2n1CC1CCC(C)CC1. The molecule has 2 aromatic rings. The number of piperidine rings is 1. The lowest BCUT2D eigenvalue weighted by Gasteiger charge is -2.38. The van der Waals surface area contributed by atoms with Crippen molar-refractivity contribution in [3.63, 3.8) is 0 Å². The number of fused-ring (bicyclic) bond motifs is 1. The van der Waals surface area contributed by atoms with Gasteiger partial charge in [-0.15, -0.1) is 0 Å². The molecule has 2 aromatic heterocycles. The van der Waals surface area contributed by atoms with Crippen LogP contribution in [0.15, 0.2) is 5.16 Å². The van der Waals surface area contributed by atoms with Crippen LogP contribution in [0.5, 0.6) is 0 Å². The van der Waals surface area contributed by atoms with Crippen molar-refractivity contribution in [3.8, 4) is 0 Å². The quantitative estimate of drug-likeness (QED) is 0.165. The molecule has 3 fully saturated rings. The molecular weight excluding hydrogens is 476 g/mol. The Hall–Kier alpha value is -2.58. The van der Waals surface area contributed by atoms with Gasteiger partial charge in [-0.3, -0.25) is 0 Å². The molecular formula is C29H48N8O. The summed E-state index contributed by atoms with van der Waals surface area (Å²) in [6.07, 6.45) is 13.7. The first-order valence-electron chi connectivity index (χ1n) is 15.1. The number of hydrogen-bond donors (Lipinski definition) is 3. The second-order valence-corrected chi connectivity index (χ2v) is 12.8. The van der Waals surface area contributed by atoms with Crippen molar-refractivity contribution >= 4 is 28.8 Å². The van der Waals surface area contributed by atoms with Gasteiger partial charge in [0.15, 0.2) is 11.5 Å². The Morgan fingerprint density at radius 3 is 2.45 bits per heavy atom. The fourth-order valence-corrected chi connectivity index (χ4v) is 6.77. The summed E-state index contributed by atoms with van der Waals surface area (Å²) >= 11 is 0. The third-order valence-electron chi connectivity index (χ3n) is 9.34. The van der Waals surface area contributed by atoms with E-state index in [1.54, 1.807) is 0 Å². The minimum atomic E-state index is -0.0840. The van der Waals surface area contributed by atoms with Gasteiger partial charge in [0.05, 0.1) is 0 Å². The maximum absolute atomic E-state index is 9.42. The summed E-state index contributed by atoms with van der Waals surface area (Å²) in [6.45, 7) is 11.2. The zero-order valence-corrected chi connectivity index (χ0v) is 23.9. The van der Waals surface area contributed by atoms with Gasteiger partial charge in [-0.05, 0) is 82.0 Å². The van der Waals surface area contributed by atoms with Crippen molar-refractivity contribution in [1.29, 1.82) is 0 Å². The van der Waals surface area contributed by atoms with Crippen molar-refractivity contribution in [1.82, 2.24) is 19.5 Å². The highest BCUT2D eigenvalue weighted by Crippen LogP contribution is 2.37. The average molecular weight is 525 g/mol. The molecule has 2 saturated carbocycles. The Balaban J connectivity index is 1.62. The van der Waals surface area contributed by atoms with Crippen molar-refractivity contribution in [2.45, 2.75) is 117 Å². The van der Waals surface area contributed by atoms with Crippen LogP contribution in [0.25, 0.3) is 11.2 Å². The molecule has 0 aromatic carbocycles. The number of anilines is 2. The molecule has 2 aliphatic carbocycles. The molecule has 5 rings (SSSR count). The third kappa shape index (κ3) is 5.71. The molecule has 1 aliphatic heterocycles. The number of nitrogens with two attached hydrogens (primary N) is 1.